The van der Waals surface area contributed by atoms with Crippen molar-refractivity contribution in [2.24, 2.45) is 11.5 Å². The smallest absolute Gasteiger partial charge is 0.402 e. The number of ether oxygens (including phenoxy) is 1. The van der Waals surface area contributed by atoms with Crippen molar-refractivity contribution < 1.29 is 19.4 Å². The van der Waals surface area contributed by atoms with Crippen molar-refractivity contribution in [1.29, 1.82) is 0 Å². The molecule has 5 N–H and O–H groups in total. The molecule has 0 saturated carbocycles. The number of primary amides is 2. The van der Waals surface area contributed by atoms with E-state index in [-0.39, 0.29) is 0 Å². The Kier molecular flexibility index (Phi) is 5.41. The van der Waals surface area contributed by atoms with Gasteiger partial charge in [-0.1, -0.05) is 0 Å². The van der Waals surface area contributed by atoms with E-state index in [0.29, 0.717) is 11.3 Å². The average Bonchev–Trinajstić information content (AvgIpc) is 3.06. The Morgan fingerprint density at radius 2 is 1.88 bits per heavy atom. The van der Waals surface area contributed by atoms with Gasteiger partial charge < -0.3 is 26.2 Å². The number of rotatable bonds is 3. The van der Waals surface area contributed by atoms with Crippen molar-refractivity contribution >= 4 is 28.6 Å². The second-order valence-electron chi connectivity index (χ2n) is 5.30. The summed E-state index contributed by atoms with van der Waals surface area (Å²) < 4.78 is 5.29. The minimum absolute atomic E-state index is 0.401. The topological polar surface area (TPSA) is 132 Å². The summed E-state index contributed by atoms with van der Waals surface area (Å²) in [5.74, 6) is 0.969. The Labute approximate surface area is 139 Å². The van der Waals surface area contributed by atoms with Crippen LogP contribution in [0.15, 0.2) is 24.4 Å². The lowest BCUT2D eigenvalue weighted by atomic mass is 10.1. The number of amides is 2. The zero-order valence-corrected chi connectivity index (χ0v) is 13.4. The van der Waals surface area contributed by atoms with Crippen molar-refractivity contribution in [3.05, 3.63) is 30.0 Å². The van der Waals surface area contributed by atoms with Crippen LogP contribution in [0.3, 0.4) is 0 Å². The van der Waals surface area contributed by atoms with Crippen LogP contribution in [0.4, 0.5) is 10.6 Å². The number of anilines is 1. The van der Waals surface area contributed by atoms with Crippen LogP contribution in [-0.4, -0.2) is 42.3 Å². The zero-order valence-electron chi connectivity index (χ0n) is 13.4. The Balaban J connectivity index is 0.000000471. The van der Waals surface area contributed by atoms with Crippen LogP contribution in [0.25, 0.3) is 10.8 Å². The molecule has 0 radical (unpaired) electrons. The maximum absolute atomic E-state index is 11.5. The predicted molar refractivity (Wildman–Crippen MR) is 90.5 cm³/mol. The molecule has 0 atom stereocenters. The molecule has 2 heterocycles. The van der Waals surface area contributed by atoms with E-state index in [4.69, 9.17) is 20.4 Å². The van der Waals surface area contributed by atoms with Gasteiger partial charge in [-0.15, -0.1) is 0 Å². The monoisotopic (exact) mass is 332 g/mol. The van der Waals surface area contributed by atoms with Gasteiger partial charge in [0.1, 0.15) is 11.6 Å². The van der Waals surface area contributed by atoms with Gasteiger partial charge in [0, 0.05) is 24.7 Å². The second kappa shape index (κ2) is 7.49. The van der Waals surface area contributed by atoms with Gasteiger partial charge >= 0.3 is 6.09 Å². The highest BCUT2D eigenvalue weighted by molar-refractivity contribution is 6.03. The number of pyridine rings is 1. The summed E-state index contributed by atoms with van der Waals surface area (Å²) in [4.78, 5) is 27.0. The van der Waals surface area contributed by atoms with E-state index in [2.05, 4.69) is 15.6 Å². The molecule has 1 aromatic heterocycles. The molecule has 2 aromatic rings. The number of nitrogens with two attached hydrogens (primary N) is 2. The number of hydrogen-bond donors (Lipinski definition) is 3. The summed E-state index contributed by atoms with van der Waals surface area (Å²) in [6.07, 6.45) is 2.82. The van der Waals surface area contributed by atoms with Crippen molar-refractivity contribution in [2.75, 3.05) is 25.1 Å². The lowest BCUT2D eigenvalue weighted by Gasteiger charge is -2.19. The summed E-state index contributed by atoms with van der Waals surface area (Å²) in [7, 11) is 1.54. The number of nitrogens with zero attached hydrogens (tertiary/aromatic N) is 2. The Bertz CT molecular complexity index is 753. The fourth-order valence-electron chi connectivity index (χ4n) is 2.73. The predicted octanol–water partition coefficient (Wildman–Crippen LogP) is 1.57. The Morgan fingerprint density at radius 3 is 2.42 bits per heavy atom. The number of carboxylic acid groups (broad SMARTS) is 1. The lowest BCUT2D eigenvalue weighted by molar-refractivity contribution is 0.0997. The van der Waals surface area contributed by atoms with Crippen molar-refractivity contribution in [1.82, 2.24) is 4.98 Å². The molecule has 0 unspecified atom stereocenters. The molecular weight excluding hydrogens is 312 g/mol. The summed E-state index contributed by atoms with van der Waals surface area (Å²) >= 11 is 0. The molecule has 1 aromatic carbocycles. The van der Waals surface area contributed by atoms with Gasteiger partial charge in [0.05, 0.1) is 12.7 Å². The third-order valence-electron chi connectivity index (χ3n) is 3.73. The molecule has 1 saturated heterocycles. The largest absolute Gasteiger partial charge is 0.496 e. The molecule has 0 bridgehead atoms. The minimum atomic E-state index is -1.33. The highest BCUT2D eigenvalue weighted by atomic mass is 16.5. The van der Waals surface area contributed by atoms with E-state index in [1.54, 1.807) is 19.4 Å². The highest BCUT2D eigenvalue weighted by Crippen LogP contribution is 2.32. The number of methoxy groups -OCH3 is 1. The molecule has 3 rings (SSSR count). The van der Waals surface area contributed by atoms with E-state index < -0.39 is 12.0 Å². The third kappa shape index (κ3) is 3.83. The van der Waals surface area contributed by atoms with Gasteiger partial charge in [0.2, 0.25) is 0 Å². The van der Waals surface area contributed by atoms with Crippen molar-refractivity contribution in [3.8, 4) is 5.75 Å². The molecule has 8 nitrogen and oxygen atoms in total. The fourth-order valence-corrected chi connectivity index (χ4v) is 2.73. The maximum atomic E-state index is 11.5. The SMILES string of the molecule is COc1cc2c(N3CCCC3)nccc2cc1C(N)=O.NC(=O)O. The van der Waals surface area contributed by atoms with Gasteiger partial charge in [-0.2, -0.15) is 0 Å². The first-order valence-electron chi connectivity index (χ1n) is 7.44. The number of benzene rings is 1. The molecule has 8 heteroatoms. The number of aromatic nitrogens is 1. The van der Waals surface area contributed by atoms with Crippen LogP contribution in [0.1, 0.15) is 23.2 Å². The lowest BCUT2D eigenvalue weighted by Crippen LogP contribution is -2.19. The number of carbonyl (C=O) groups is 2. The number of hydrogen-bond acceptors (Lipinski definition) is 5. The molecule has 0 aliphatic carbocycles. The standard InChI is InChI=1S/C15H17N3O2.CH3NO2/c1-20-13-9-11-10(8-12(13)14(16)19)4-5-17-15(11)18-6-2-3-7-18;2-1(3)4/h4-5,8-9H,2-3,6-7H2,1H3,(H2,16,19);2H2,(H,3,4). The molecule has 2 amide bonds. The molecule has 1 aliphatic rings. The van der Waals surface area contributed by atoms with Crippen LogP contribution >= 0.6 is 0 Å². The van der Waals surface area contributed by atoms with Crippen LogP contribution < -0.4 is 21.1 Å². The number of fused-ring (bicyclic) bond motifs is 1. The molecule has 1 aliphatic heterocycles. The van der Waals surface area contributed by atoms with E-state index in [1.807, 2.05) is 12.1 Å². The minimum Gasteiger partial charge on any atom is -0.496 e. The Hall–Kier alpha value is -3.03. The van der Waals surface area contributed by atoms with Crippen molar-refractivity contribution in [3.63, 3.8) is 0 Å². The van der Waals surface area contributed by atoms with Crippen LogP contribution in [0.5, 0.6) is 5.75 Å². The first-order chi connectivity index (χ1) is 11.4. The van der Waals surface area contributed by atoms with Gasteiger partial charge in [-0.05, 0) is 36.4 Å². The third-order valence-corrected chi connectivity index (χ3v) is 3.73. The maximum Gasteiger partial charge on any atom is 0.402 e. The molecular formula is C16H20N4O4. The van der Waals surface area contributed by atoms with E-state index in [9.17, 15) is 4.79 Å². The molecule has 24 heavy (non-hydrogen) atoms. The highest BCUT2D eigenvalue weighted by Gasteiger charge is 2.18. The second-order valence-corrected chi connectivity index (χ2v) is 5.30. The quantitative estimate of drug-likeness (QED) is 0.781. The van der Waals surface area contributed by atoms with Gasteiger partial charge in [0.25, 0.3) is 5.91 Å². The average molecular weight is 332 g/mol. The van der Waals surface area contributed by atoms with Gasteiger partial charge in [-0.3, -0.25) is 4.79 Å². The first-order valence-corrected chi connectivity index (χ1v) is 7.44. The fraction of sp³-hybridized carbons (Fsp3) is 0.312. The normalized spacial score (nSPS) is 13.3. The Morgan fingerprint density at radius 1 is 1.25 bits per heavy atom. The summed E-state index contributed by atoms with van der Waals surface area (Å²) in [5, 5.41) is 9.15. The first kappa shape index (κ1) is 17.3. The van der Waals surface area contributed by atoms with Crippen LogP contribution in [-0.2, 0) is 0 Å². The van der Waals surface area contributed by atoms with Crippen LogP contribution in [0, 0.1) is 0 Å². The molecule has 0 spiro atoms. The molecule has 1 fully saturated rings. The van der Waals surface area contributed by atoms with E-state index in [0.717, 1.165) is 29.7 Å². The van der Waals surface area contributed by atoms with Gasteiger partial charge in [0.15, 0.2) is 0 Å². The van der Waals surface area contributed by atoms with Crippen LogP contribution in [0.2, 0.25) is 0 Å². The zero-order chi connectivity index (χ0) is 17.7. The van der Waals surface area contributed by atoms with E-state index in [1.165, 1.54) is 12.8 Å². The summed E-state index contributed by atoms with van der Waals surface area (Å²) in [6, 6.07) is 5.52. The van der Waals surface area contributed by atoms with Gasteiger partial charge in [-0.25, -0.2) is 9.78 Å². The molecule has 128 valence electrons. The van der Waals surface area contributed by atoms with Crippen molar-refractivity contribution in [2.45, 2.75) is 12.8 Å². The summed E-state index contributed by atoms with van der Waals surface area (Å²) in [6.45, 7) is 2.04. The van der Waals surface area contributed by atoms with E-state index >= 15 is 0 Å². The summed E-state index contributed by atoms with van der Waals surface area (Å²) in [5.41, 5.74) is 9.83. The number of carbonyl (C=O) groups excluding carboxylic acids is 1.